The molecule has 3 aromatic carbocycles. The van der Waals surface area contributed by atoms with Crippen molar-refractivity contribution in [1.82, 2.24) is 10.4 Å². The number of nitrogens with one attached hydrogen (secondary N) is 2. The number of carbonyl (C=O) groups is 1. The van der Waals surface area contributed by atoms with Crippen LogP contribution in [0, 0.1) is 0 Å². The van der Waals surface area contributed by atoms with Crippen molar-refractivity contribution in [1.29, 1.82) is 0 Å². The third kappa shape index (κ3) is 8.84. The summed E-state index contributed by atoms with van der Waals surface area (Å²) in [6.07, 6.45) is -3.07. The van der Waals surface area contributed by atoms with Crippen LogP contribution >= 0.6 is 50.5 Å². The van der Waals surface area contributed by atoms with Crippen molar-refractivity contribution in [3.63, 3.8) is 0 Å². The number of amides is 1. The standard InChI is InChI=1S/C28H22BrCl2F3N4O3S/c1-2-40-24-10-17(8-21(29)26(24)41-14-16-6-7-22(30)23(31)9-16)13-35-38-25(39)12-20-15-42-27(37-20)36-19-5-3-4-18(11-19)28(32,33)34/h3-11,13,15H,2,12,14H2,1H3,(H,36,37)(H,38,39)/b35-13-. The molecule has 0 bridgehead atoms. The molecular weight excluding hydrogens is 680 g/mol. The lowest BCUT2D eigenvalue weighted by atomic mass is 10.2. The van der Waals surface area contributed by atoms with Crippen LogP contribution in [0.15, 0.2) is 69.6 Å². The molecule has 0 atom stereocenters. The van der Waals surface area contributed by atoms with E-state index in [0.717, 1.165) is 17.7 Å². The van der Waals surface area contributed by atoms with E-state index in [2.05, 4.69) is 36.8 Å². The molecule has 7 nitrogen and oxygen atoms in total. The second-order valence-electron chi connectivity index (χ2n) is 8.62. The maximum atomic E-state index is 12.9. The van der Waals surface area contributed by atoms with Crippen LogP contribution in [0.2, 0.25) is 10.0 Å². The largest absolute Gasteiger partial charge is 0.490 e. The SMILES string of the molecule is CCOc1cc(/C=N\NC(=O)Cc2csc(Nc3cccc(C(F)(F)F)c3)n2)cc(Br)c1OCc1ccc(Cl)c(Cl)c1. The number of hydrazone groups is 1. The monoisotopic (exact) mass is 700 g/mol. The van der Waals surface area contributed by atoms with Crippen molar-refractivity contribution in [2.24, 2.45) is 5.10 Å². The van der Waals surface area contributed by atoms with E-state index in [9.17, 15) is 18.0 Å². The van der Waals surface area contributed by atoms with Gasteiger partial charge in [-0.25, -0.2) is 10.4 Å². The van der Waals surface area contributed by atoms with Crippen LogP contribution in [0.1, 0.15) is 29.3 Å². The van der Waals surface area contributed by atoms with Gasteiger partial charge in [-0.1, -0.05) is 35.3 Å². The van der Waals surface area contributed by atoms with Crippen molar-refractivity contribution in [3.8, 4) is 11.5 Å². The summed E-state index contributed by atoms with van der Waals surface area (Å²) in [6, 6.07) is 13.5. The summed E-state index contributed by atoms with van der Waals surface area (Å²) in [7, 11) is 0. The van der Waals surface area contributed by atoms with Gasteiger partial charge in [-0.15, -0.1) is 11.3 Å². The van der Waals surface area contributed by atoms with Crippen molar-refractivity contribution in [3.05, 3.63) is 96.9 Å². The average molecular weight is 702 g/mol. The molecule has 0 spiro atoms. The lowest BCUT2D eigenvalue weighted by Gasteiger charge is -2.15. The van der Waals surface area contributed by atoms with Gasteiger partial charge in [-0.2, -0.15) is 18.3 Å². The number of benzene rings is 3. The molecule has 0 radical (unpaired) electrons. The fourth-order valence-corrected chi connectivity index (χ4v) is 5.20. The highest BCUT2D eigenvalue weighted by Crippen LogP contribution is 2.37. The highest BCUT2D eigenvalue weighted by molar-refractivity contribution is 9.10. The van der Waals surface area contributed by atoms with Gasteiger partial charge in [0, 0.05) is 11.1 Å². The number of carbonyl (C=O) groups excluding carboxylic acids is 1. The first-order valence-corrected chi connectivity index (χ1v) is 14.7. The predicted molar refractivity (Wildman–Crippen MR) is 162 cm³/mol. The van der Waals surface area contributed by atoms with Crippen molar-refractivity contribution < 1.29 is 27.4 Å². The van der Waals surface area contributed by atoms with E-state index in [0.29, 0.717) is 49.0 Å². The Morgan fingerprint density at radius 2 is 1.93 bits per heavy atom. The van der Waals surface area contributed by atoms with E-state index in [-0.39, 0.29) is 18.7 Å². The van der Waals surface area contributed by atoms with Crippen LogP contribution in [-0.2, 0) is 24.0 Å². The van der Waals surface area contributed by atoms with Crippen LogP contribution in [-0.4, -0.2) is 23.7 Å². The summed E-state index contributed by atoms with van der Waals surface area (Å²) in [5, 5.41) is 9.72. The van der Waals surface area contributed by atoms with Crippen molar-refractivity contribution >= 4 is 73.4 Å². The average Bonchev–Trinajstić information content (AvgIpc) is 3.36. The lowest BCUT2D eigenvalue weighted by Crippen LogP contribution is -2.20. The van der Waals surface area contributed by atoms with Gasteiger partial charge in [0.1, 0.15) is 6.61 Å². The highest BCUT2D eigenvalue weighted by Gasteiger charge is 2.30. The van der Waals surface area contributed by atoms with E-state index in [1.807, 2.05) is 13.0 Å². The molecule has 14 heteroatoms. The fourth-order valence-electron chi connectivity index (χ4n) is 3.58. The molecule has 4 rings (SSSR count). The number of nitrogens with zero attached hydrogens (tertiary/aromatic N) is 2. The lowest BCUT2D eigenvalue weighted by molar-refractivity contribution is -0.137. The molecule has 0 unspecified atom stereocenters. The van der Waals surface area contributed by atoms with Gasteiger partial charge >= 0.3 is 6.18 Å². The zero-order valence-corrected chi connectivity index (χ0v) is 25.7. The van der Waals surface area contributed by atoms with Gasteiger partial charge in [-0.05, 0) is 76.4 Å². The Balaban J connectivity index is 1.34. The number of hydrogen-bond donors (Lipinski definition) is 2. The Bertz CT molecular complexity index is 1600. The van der Waals surface area contributed by atoms with Gasteiger partial charge in [-0.3, -0.25) is 4.79 Å². The van der Waals surface area contributed by atoms with Gasteiger partial charge in [0.15, 0.2) is 16.6 Å². The summed E-state index contributed by atoms with van der Waals surface area (Å²) in [4.78, 5) is 16.7. The molecule has 42 heavy (non-hydrogen) atoms. The van der Waals surface area contributed by atoms with Gasteiger partial charge in [0.05, 0.1) is 45.0 Å². The third-order valence-electron chi connectivity index (χ3n) is 5.44. The Morgan fingerprint density at radius 3 is 2.67 bits per heavy atom. The van der Waals surface area contributed by atoms with Crippen LogP contribution in [0.25, 0.3) is 0 Å². The number of rotatable bonds is 11. The molecule has 1 heterocycles. The molecule has 4 aromatic rings. The maximum absolute atomic E-state index is 12.9. The molecule has 1 amide bonds. The number of aromatic nitrogens is 1. The zero-order valence-electron chi connectivity index (χ0n) is 21.8. The number of alkyl halides is 3. The Labute approximate surface area is 261 Å². The molecule has 0 aliphatic rings. The van der Waals surface area contributed by atoms with E-state index in [1.54, 1.807) is 29.6 Å². The minimum absolute atomic E-state index is 0.0759. The predicted octanol–water partition coefficient (Wildman–Crippen LogP) is 8.65. The second-order valence-corrected chi connectivity index (χ2v) is 11.1. The van der Waals surface area contributed by atoms with Gasteiger partial charge < -0.3 is 14.8 Å². The summed E-state index contributed by atoms with van der Waals surface area (Å²) in [6.45, 7) is 2.47. The summed E-state index contributed by atoms with van der Waals surface area (Å²) in [5.41, 5.74) is 3.81. The fraction of sp³-hybridized carbons (Fsp3) is 0.179. The van der Waals surface area contributed by atoms with E-state index in [1.165, 1.54) is 29.7 Å². The first-order chi connectivity index (χ1) is 20.0. The Hall–Kier alpha value is -3.32. The molecule has 0 aliphatic carbocycles. The van der Waals surface area contributed by atoms with Crippen LogP contribution in [0.3, 0.4) is 0 Å². The molecule has 0 saturated heterocycles. The van der Waals surface area contributed by atoms with Crippen LogP contribution in [0.4, 0.5) is 24.0 Å². The minimum atomic E-state index is -4.45. The second kappa shape index (κ2) is 14.2. The zero-order chi connectivity index (χ0) is 30.3. The molecule has 1 aromatic heterocycles. The normalized spacial score (nSPS) is 11.5. The number of anilines is 2. The van der Waals surface area contributed by atoms with Crippen LogP contribution in [0.5, 0.6) is 11.5 Å². The highest BCUT2D eigenvalue weighted by atomic mass is 79.9. The molecule has 0 saturated carbocycles. The van der Waals surface area contributed by atoms with Crippen molar-refractivity contribution in [2.75, 3.05) is 11.9 Å². The number of ether oxygens (including phenoxy) is 2. The van der Waals surface area contributed by atoms with E-state index < -0.39 is 17.6 Å². The summed E-state index contributed by atoms with van der Waals surface area (Å²) >= 11 is 16.7. The topological polar surface area (TPSA) is 84.8 Å². The maximum Gasteiger partial charge on any atom is 0.416 e. The van der Waals surface area contributed by atoms with Gasteiger partial charge in [0.2, 0.25) is 5.91 Å². The molecule has 2 N–H and O–H groups in total. The van der Waals surface area contributed by atoms with Gasteiger partial charge in [0.25, 0.3) is 0 Å². The first-order valence-electron chi connectivity index (χ1n) is 12.3. The van der Waals surface area contributed by atoms with E-state index in [4.69, 9.17) is 32.7 Å². The van der Waals surface area contributed by atoms with Crippen molar-refractivity contribution in [2.45, 2.75) is 26.1 Å². The molecule has 220 valence electrons. The van der Waals surface area contributed by atoms with E-state index >= 15 is 0 Å². The Kier molecular flexibility index (Phi) is 10.7. The molecule has 0 aliphatic heterocycles. The quantitative estimate of drug-likeness (QED) is 0.121. The molecular formula is C28H22BrCl2F3N4O3S. The molecule has 0 fully saturated rings. The minimum Gasteiger partial charge on any atom is -0.490 e. The first kappa shape index (κ1) is 31.6. The van der Waals surface area contributed by atoms with Crippen LogP contribution < -0.4 is 20.2 Å². The smallest absolute Gasteiger partial charge is 0.416 e. The number of halogens is 6. The summed E-state index contributed by atoms with van der Waals surface area (Å²) < 4.78 is 51.2. The number of hydrogen-bond acceptors (Lipinski definition) is 7. The number of thiazole rings is 1. The third-order valence-corrected chi connectivity index (χ3v) is 7.57. The Morgan fingerprint density at radius 1 is 1.12 bits per heavy atom. The summed E-state index contributed by atoms with van der Waals surface area (Å²) in [5.74, 6) is 0.540.